The Kier molecular flexibility index (Phi) is 5.35. The number of nitrogens with one attached hydrogen (secondary N) is 2. The summed E-state index contributed by atoms with van der Waals surface area (Å²) in [5.41, 5.74) is 2.85. The van der Waals surface area contributed by atoms with E-state index in [0.29, 0.717) is 41.7 Å². The van der Waals surface area contributed by atoms with Crippen molar-refractivity contribution >= 4 is 15.7 Å². The van der Waals surface area contributed by atoms with E-state index in [1.165, 1.54) is 6.20 Å². The lowest BCUT2D eigenvalue weighted by Crippen LogP contribution is -2.35. The van der Waals surface area contributed by atoms with E-state index in [1.54, 1.807) is 37.5 Å². The van der Waals surface area contributed by atoms with Crippen molar-refractivity contribution in [3.05, 3.63) is 48.2 Å². The van der Waals surface area contributed by atoms with Crippen LogP contribution in [0, 0.1) is 6.92 Å². The van der Waals surface area contributed by atoms with Crippen LogP contribution in [0.2, 0.25) is 0 Å². The number of pyridine rings is 2. The molecule has 0 aromatic carbocycles. The van der Waals surface area contributed by atoms with Crippen LogP contribution >= 0.6 is 0 Å². The molecule has 156 valence electrons. The number of ether oxygens (including phenoxy) is 1. The van der Waals surface area contributed by atoms with E-state index in [2.05, 4.69) is 25.3 Å². The topological polar surface area (TPSA) is 127 Å². The monoisotopic (exact) mass is 427 g/mol. The molecule has 4 rings (SSSR count). The van der Waals surface area contributed by atoms with E-state index in [1.807, 2.05) is 0 Å². The minimum Gasteiger partial charge on any atom is -0.379 e. The van der Waals surface area contributed by atoms with Gasteiger partial charge in [-0.15, -0.1) is 0 Å². The molecule has 1 fully saturated rings. The Labute approximate surface area is 173 Å². The highest BCUT2D eigenvalue weighted by molar-refractivity contribution is 7.90. The van der Waals surface area contributed by atoms with Gasteiger partial charge in [-0.2, -0.15) is 0 Å². The molecule has 3 aromatic rings. The Bertz CT molecular complexity index is 1200. The van der Waals surface area contributed by atoms with Crippen LogP contribution in [-0.4, -0.2) is 59.8 Å². The number of amides is 1. The number of rotatable bonds is 5. The second kappa shape index (κ2) is 7.96. The van der Waals surface area contributed by atoms with Crippen molar-refractivity contribution in [3.8, 4) is 22.6 Å². The highest BCUT2D eigenvalue weighted by atomic mass is 32.2. The molecule has 0 aliphatic carbocycles. The van der Waals surface area contributed by atoms with E-state index < -0.39 is 9.84 Å². The van der Waals surface area contributed by atoms with Crippen LogP contribution in [0.3, 0.4) is 0 Å². The van der Waals surface area contributed by atoms with Gasteiger partial charge in [0.25, 0.3) is 5.91 Å². The molecular formula is C20H21N5O4S. The molecule has 1 saturated heterocycles. The molecule has 10 heteroatoms. The molecule has 0 spiro atoms. The Hall–Kier alpha value is -3.11. The third-order valence-electron chi connectivity index (χ3n) is 4.84. The average molecular weight is 427 g/mol. The van der Waals surface area contributed by atoms with E-state index in [4.69, 9.17) is 4.74 Å². The number of hydrogen-bond donors (Lipinski definition) is 2. The highest BCUT2D eigenvalue weighted by Gasteiger charge is 2.22. The Morgan fingerprint density at radius 1 is 1.27 bits per heavy atom. The fraction of sp³-hybridized carbons (Fsp3) is 0.300. The molecule has 30 heavy (non-hydrogen) atoms. The molecule has 3 aromatic heterocycles. The van der Waals surface area contributed by atoms with Gasteiger partial charge in [-0.1, -0.05) is 0 Å². The number of sulfone groups is 1. The van der Waals surface area contributed by atoms with Gasteiger partial charge in [0, 0.05) is 42.7 Å². The zero-order valence-electron chi connectivity index (χ0n) is 16.5. The molecule has 0 unspecified atom stereocenters. The number of imidazole rings is 1. The van der Waals surface area contributed by atoms with Crippen LogP contribution in [0.4, 0.5) is 0 Å². The quantitative estimate of drug-likeness (QED) is 0.635. The molecule has 1 aliphatic rings. The Balaban J connectivity index is 1.62. The molecular weight excluding hydrogens is 406 g/mol. The van der Waals surface area contributed by atoms with Gasteiger partial charge in [-0.3, -0.25) is 14.8 Å². The fourth-order valence-electron chi connectivity index (χ4n) is 3.22. The molecule has 1 amide bonds. The zero-order chi connectivity index (χ0) is 21.3. The first-order valence-corrected chi connectivity index (χ1v) is 11.3. The largest absolute Gasteiger partial charge is 0.379 e. The lowest BCUT2D eigenvalue weighted by Gasteiger charge is -2.09. The predicted molar refractivity (Wildman–Crippen MR) is 110 cm³/mol. The van der Waals surface area contributed by atoms with Gasteiger partial charge < -0.3 is 15.0 Å². The number of carbonyl (C=O) groups excluding carboxylic acids is 1. The fourth-order valence-corrected chi connectivity index (χ4v) is 3.82. The van der Waals surface area contributed by atoms with Gasteiger partial charge in [0.05, 0.1) is 17.5 Å². The van der Waals surface area contributed by atoms with Crippen LogP contribution in [0.1, 0.15) is 22.6 Å². The molecule has 9 nitrogen and oxygen atoms in total. The summed E-state index contributed by atoms with van der Waals surface area (Å²) < 4.78 is 28.9. The number of H-pyrrole nitrogens is 1. The summed E-state index contributed by atoms with van der Waals surface area (Å²) in [7, 11) is -3.37. The molecule has 1 atom stereocenters. The first-order valence-electron chi connectivity index (χ1n) is 9.38. The average Bonchev–Trinajstić information content (AvgIpc) is 3.37. The molecule has 1 aliphatic heterocycles. The second-order valence-corrected chi connectivity index (χ2v) is 9.22. The number of aryl methyl sites for hydroxylation is 1. The van der Waals surface area contributed by atoms with Gasteiger partial charge in [0.15, 0.2) is 15.7 Å². The normalized spacial score (nSPS) is 16.5. The number of aromatic amines is 1. The smallest absolute Gasteiger partial charge is 0.272 e. The van der Waals surface area contributed by atoms with Crippen molar-refractivity contribution in [2.75, 3.05) is 19.5 Å². The van der Waals surface area contributed by atoms with Crippen molar-refractivity contribution in [2.24, 2.45) is 0 Å². The van der Waals surface area contributed by atoms with Crippen LogP contribution in [0.25, 0.3) is 22.6 Å². The van der Waals surface area contributed by atoms with E-state index in [0.717, 1.165) is 18.2 Å². The molecule has 4 heterocycles. The summed E-state index contributed by atoms with van der Waals surface area (Å²) in [4.78, 5) is 28.6. The maximum Gasteiger partial charge on any atom is 0.272 e. The summed E-state index contributed by atoms with van der Waals surface area (Å²) in [6.07, 6.45) is 6.43. The van der Waals surface area contributed by atoms with Crippen LogP contribution < -0.4 is 5.32 Å². The standard InChI is InChI=1S/C20H21N5O4S/c1-12-18(20(26)24-15-4-6-29-11-15)25-19(23-12)17-8-13(3-5-22-17)14-7-16(10-21-9-14)30(2,27)28/h3,5,7-10,15H,4,6,11H2,1-2H3,(H,23,25)(H,24,26)/t15-/m1/s1. The van der Waals surface area contributed by atoms with Crippen molar-refractivity contribution in [2.45, 2.75) is 24.3 Å². The summed E-state index contributed by atoms with van der Waals surface area (Å²) in [6.45, 7) is 2.92. The summed E-state index contributed by atoms with van der Waals surface area (Å²) in [5.74, 6) is 0.195. The number of aromatic nitrogens is 4. The van der Waals surface area contributed by atoms with E-state index in [-0.39, 0.29) is 16.8 Å². The van der Waals surface area contributed by atoms with Crippen molar-refractivity contribution in [1.82, 2.24) is 25.3 Å². The molecule has 0 radical (unpaired) electrons. The lowest BCUT2D eigenvalue weighted by molar-refractivity contribution is 0.0924. The van der Waals surface area contributed by atoms with E-state index >= 15 is 0 Å². The van der Waals surface area contributed by atoms with Gasteiger partial charge >= 0.3 is 0 Å². The maximum absolute atomic E-state index is 12.6. The van der Waals surface area contributed by atoms with Crippen LogP contribution in [-0.2, 0) is 14.6 Å². The SMILES string of the molecule is Cc1[nH]c(-c2cc(-c3cncc(S(C)(=O)=O)c3)ccn2)nc1C(=O)N[C@@H]1CCOC1. The van der Waals surface area contributed by atoms with Gasteiger partial charge in [-0.25, -0.2) is 13.4 Å². The van der Waals surface area contributed by atoms with Crippen LogP contribution in [0.5, 0.6) is 0 Å². The molecule has 0 bridgehead atoms. The minimum atomic E-state index is -3.37. The molecule has 2 N–H and O–H groups in total. The summed E-state index contributed by atoms with van der Waals surface area (Å²) in [5, 5.41) is 2.93. The zero-order valence-corrected chi connectivity index (χ0v) is 17.4. The van der Waals surface area contributed by atoms with Crippen molar-refractivity contribution in [1.29, 1.82) is 0 Å². The van der Waals surface area contributed by atoms with E-state index in [9.17, 15) is 13.2 Å². The third-order valence-corrected chi connectivity index (χ3v) is 5.92. The first kappa shape index (κ1) is 20.2. The number of hydrogen-bond acceptors (Lipinski definition) is 7. The van der Waals surface area contributed by atoms with Gasteiger partial charge in [-0.05, 0) is 37.1 Å². The highest BCUT2D eigenvalue weighted by Crippen LogP contribution is 2.25. The van der Waals surface area contributed by atoms with Gasteiger partial charge in [0.2, 0.25) is 0 Å². The third kappa shape index (κ3) is 4.24. The Morgan fingerprint density at radius 2 is 2.10 bits per heavy atom. The Morgan fingerprint density at radius 3 is 2.83 bits per heavy atom. The van der Waals surface area contributed by atoms with Gasteiger partial charge in [0.1, 0.15) is 11.4 Å². The molecule has 0 saturated carbocycles. The number of nitrogens with zero attached hydrogens (tertiary/aromatic N) is 3. The number of carbonyl (C=O) groups is 1. The predicted octanol–water partition coefficient (Wildman–Crippen LogP) is 1.76. The second-order valence-electron chi connectivity index (χ2n) is 7.20. The first-order chi connectivity index (χ1) is 14.3. The summed E-state index contributed by atoms with van der Waals surface area (Å²) >= 11 is 0. The van der Waals surface area contributed by atoms with Crippen molar-refractivity contribution < 1.29 is 17.9 Å². The van der Waals surface area contributed by atoms with Crippen LogP contribution in [0.15, 0.2) is 41.7 Å². The summed E-state index contributed by atoms with van der Waals surface area (Å²) in [6, 6.07) is 5.09. The maximum atomic E-state index is 12.6. The lowest BCUT2D eigenvalue weighted by atomic mass is 10.1. The minimum absolute atomic E-state index is 0.00637. The van der Waals surface area contributed by atoms with Crippen molar-refractivity contribution in [3.63, 3.8) is 0 Å².